The van der Waals surface area contributed by atoms with Crippen molar-refractivity contribution in [1.29, 1.82) is 0 Å². The zero-order chi connectivity index (χ0) is 24.7. The highest BCUT2D eigenvalue weighted by atomic mass is 32.2. The third-order valence-electron chi connectivity index (χ3n) is 4.99. The van der Waals surface area contributed by atoms with E-state index in [1.165, 1.54) is 25.6 Å². The molecular formula is C23H18F6N4S. The molecule has 2 aromatic carbocycles. The summed E-state index contributed by atoms with van der Waals surface area (Å²) in [5, 5.41) is 7.71. The molecule has 0 bridgehead atoms. The maximum absolute atomic E-state index is 13.9. The van der Waals surface area contributed by atoms with Gasteiger partial charge in [0.05, 0.1) is 5.69 Å². The highest BCUT2D eigenvalue weighted by Crippen LogP contribution is 2.39. The minimum Gasteiger partial charge on any atom is -0.240 e. The predicted molar refractivity (Wildman–Crippen MR) is 114 cm³/mol. The molecule has 0 fully saturated rings. The molecule has 34 heavy (non-hydrogen) atoms. The van der Waals surface area contributed by atoms with Gasteiger partial charge in [-0.15, -0.1) is 0 Å². The molecule has 0 aliphatic heterocycles. The number of benzene rings is 2. The van der Waals surface area contributed by atoms with Gasteiger partial charge in [0.25, 0.3) is 0 Å². The zero-order valence-electron chi connectivity index (χ0n) is 17.9. The van der Waals surface area contributed by atoms with Crippen LogP contribution in [0.5, 0.6) is 0 Å². The predicted octanol–water partition coefficient (Wildman–Crippen LogP) is 6.98. The second-order valence-corrected chi connectivity index (χ2v) is 8.67. The van der Waals surface area contributed by atoms with Crippen LogP contribution in [-0.4, -0.2) is 19.6 Å². The van der Waals surface area contributed by atoms with E-state index < -0.39 is 29.9 Å². The van der Waals surface area contributed by atoms with Crippen molar-refractivity contribution in [2.45, 2.75) is 42.2 Å². The van der Waals surface area contributed by atoms with Gasteiger partial charge in [0, 0.05) is 21.0 Å². The van der Waals surface area contributed by atoms with Crippen molar-refractivity contribution in [1.82, 2.24) is 19.6 Å². The van der Waals surface area contributed by atoms with E-state index in [1.807, 2.05) is 30.3 Å². The quantitative estimate of drug-likeness (QED) is 0.280. The molecule has 2 aromatic heterocycles. The maximum Gasteiger partial charge on any atom is 0.435 e. The van der Waals surface area contributed by atoms with Gasteiger partial charge in [0.2, 0.25) is 0 Å². The first-order chi connectivity index (χ1) is 15.9. The minimum absolute atomic E-state index is 0.0399. The zero-order valence-corrected chi connectivity index (χ0v) is 18.7. The topological polar surface area (TPSA) is 35.6 Å². The Morgan fingerprint density at radius 3 is 2.03 bits per heavy atom. The van der Waals surface area contributed by atoms with Gasteiger partial charge in [-0.3, -0.25) is 0 Å². The van der Waals surface area contributed by atoms with Gasteiger partial charge >= 0.3 is 12.4 Å². The number of hydrogen-bond donors (Lipinski definition) is 0. The second kappa shape index (κ2) is 8.86. The molecule has 0 saturated carbocycles. The van der Waals surface area contributed by atoms with Gasteiger partial charge in [-0.05, 0) is 44.2 Å². The molecule has 11 heteroatoms. The van der Waals surface area contributed by atoms with E-state index in [2.05, 4.69) is 10.2 Å². The maximum atomic E-state index is 13.9. The molecule has 0 aliphatic rings. The molecule has 0 spiro atoms. The van der Waals surface area contributed by atoms with Crippen LogP contribution in [0, 0.1) is 13.8 Å². The molecule has 0 N–H and O–H groups in total. The minimum atomic E-state index is -4.78. The Labute approximate surface area is 195 Å². The summed E-state index contributed by atoms with van der Waals surface area (Å²) >= 11 is 1.28. The number of hydrogen-bond acceptors (Lipinski definition) is 3. The molecule has 0 amide bonds. The SMILES string of the molecule is Cc1cc(C(F)(F)F)n(C(c2ccccc2Sc2ccccc2)n2nc(C(F)(F)F)cc2C)n1. The first-order valence-corrected chi connectivity index (χ1v) is 10.9. The highest BCUT2D eigenvalue weighted by Gasteiger charge is 2.40. The summed E-state index contributed by atoms with van der Waals surface area (Å²) in [5.41, 5.74) is -1.84. The van der Waals surface area contributed by atoms with Crippen LogP contribution in [0.2, 0.25) is 0 Å². The summed E-state index contributed by atoms with van der Waals surface area (Å²) < 4.78 is 83.6. The van der Waals surface area contributed by atoms with Crippen LogP contribution >= 0.6 is 11.8 Å². The van der Waals surface area contributed by atoms with Gasteiger partial charge in [0.1, 0.15) is 5.69 Å². The van der Waals surface area contributed by atoms with Crippen molar-refractivity contribution < 1.29 is 26.3 Å². The lowest BCUT2D eigenvalue weighted by molar-refractivity contribution is -0.145. The van der Waals surface area contributed by atoms with Crippen LogP contribution in [0.15, 0.2) is 76.5 Å². The summed E-state index contributed by atoms with van der Waals surface area (Å²) in [5.74, 6) is 0. The van der Waals surface area contributed by atoms with E-state index in [0.29, 0.717) is 15.1 Å². The fourth-order valence-electron chi connectivity index (χ4n) is 3.56. The van der Waals surface area contributed by atoms with E-state index in [0.717, 1.165) is 21.7 Å². The highest BCUT2D eigenvalue weighted by molar-refractivity contribution is 7.99. The molecule has 4 nitrogen and oxygen atoms in total. The monoisotopic (exact) mass is 496 g/mol. The molecule has 4 rings (SSSR count). The standard InChI is InChI=1S/C23H18F6N4S/c1-14-12-20(23(27,28)29)33(30-14)21(32-15(2)13-19(31-32)22(24,25)26)17-10-6-7-11-18(17)34-16-8-4-3-5-9-16/h3-13,21H,1-2H3. The molecule has 178 valence electrons. The molecule has 0 radical (unpaired) electrons. The molecular weight excluding hydrogens is 478 g/mol. The number of nitrogens with zero attached hydrogens (tertiary/aromatic N) is 4. The average molecular weight is 496 g/mol. The van der Waals surface area contributed by atoms with Gasteiger partial charge in [0.15, 0.2) is 11.9 Å². The molecule has 1 atom stereocenters. The van der Waals surface area contributed by atoms with Crippen LogP contribution in [0.4, 0.5) is 26.3 Å². The lowest BCUT2D eigenvalue weighted by Gasteiger charge is -2.25. The van der Waals surface area contributed by atoms with E-state index >= 15 is 0 Å². The van der Waals surface area contributed by atoms with Crippen molar-refractivity contribution in [2.24, 2.45) is 0 Å². The lowest BCUT2D eigenvalue weighted by atomic mass is 10.1. The van der Waals surface area contributed by atoms with Crippen molar-refractivity contribution in [3.05, 3.63) is 95.1 Å². The Morgan fingerprint density at radius 2 is 1.41 bits per heavy atom. The van der Waals surface area contributed by atoms with Crippen molar-refractivity contribution in [3.8, 4) is 0 Å². The number of alkyl halides is 6. The first-order valence-electron chi connectivity index (χ1n) is 10.0. The fourth-order valence-corrected chi connectivity index (χ4v) is 4.54. The van der Waals surface area contributed by atoms with Crippen molar-refractivity contribution in [2.75, 3.05) is 0 Å². The van der Waals surface area contributed by atoms with Gasteiger partial charge in [-0.1, -0.05) is 48.2 Å². The number of aromatic nitrogens is 4. The molecule has 4 aromatic rings. The summed E-state index contributed by atoms with van der Waals surface area (Å²) in [4.78, 5) is 1.37. The summed E-state index contributed by atoms with van der Waals surface area (Å²) in [6.07, 6.45) is -10.9. The third-order valence-corrected chi connectivity index (χ3v) is 6.09. The Kier molecular flexibility index (Phi) is 6.24. The van der Waals surface area contributed by atoms with E-state index in [1.54, 1.807) is 24.3 Å². The largest absolute Gasteiger partial charge is 0.435 e. The van der Waals surface area contributed by atoms with Gasteiger partial charge < -0.3 is 0 Å². The summed E-state index contributed by atoms with van der Waals surface area (Å²) in [6, 6.07) is 17.4. The number of aryl methyl sites for hydroxylation is 2. The number of halogens is 6. The third kappa shape index (κ3) is 4.84. The van der Waals surface area contributed by atoms with E-state index in [-0.39, 0.29) is 11.4 Å². The smallest absolute Gasteiger partial charge is 0.240 e. The van der Waals surface area contributed by atoms with Crippen LogP contribution < -0.4 is 0 Å². The van der Waals surface area contributed by atoms with Crippen LogP contribution in [0.3, 0.4) is 0 Å². The molecule has 1 unspecified atom stereocenters. The Morgan fingerprint density at radius 1 is 0.765 bits per heavy atom. The summed E-state index contributed by atoms with van der Waals surface area (Å²) in [7, 11) is 0. The number of rotatable bonds is 5. The van der Waals surface area contributed by atoms with Crippen molar-refractivity contribution >= 4 is 11.8 Å². The van der Waals surface area contributed by atoms with Crippen molar-refractivity contribution in [3.63, 3.8) is 0 Å². The van der Waals surface area contributed by atoms with Crippen LogP contribution in [0.25, 0.3) is 0 Å². The first kappa shape index (κ1) is 23.9. The van der Waals surface area contributed by atoms with Gasteiger partial charge in [-0.25, -0.2) is 9.36 Å². The molecule has 2 heterocycles. The van der Waals surface area contributed by atoms with E-state index in [9.17, 15) is 26.3 Å². The average Bonchev–Trinajstić information content (AvgIpc) is 3.34. The fraction of sp³-hybridized carbons (Fsp3) is 0.217. The Balaban J connectivity index is 1.96. The van der Waals surface area contributed by atoms with Crippen LogP contribution in [0.1, 0.15) is 34.5 Å². The van der Waals surface area contributed by atoms with E-state index in [4.69, 9.17) is 0 Å². The van der Waals surface area contributed by atoms with Gasteiger partial charge in [-0.2, -0.15) is 36.5 Å². The Bertz CT molecular complexity index is 1290. The summed E-state index contributed by atoms with van der Waals surface area (Å²) in [6.45, 7) is 2.76. The second-order valence-electron chi connectivity index (χ2n) is 7.55. The molecule has 0 aliphatic carbocycles. The molecule has 0 saturated heterocycles. The Hall–Kier alpha value is -3.21. The van der Waals surface area contributed by atoms with Crippen LogP contribution in [-0.2, 0) is 12.4 Å². The normalized spacial score (nSPS) is 13.3. The lowest BCUT2D eigenvalue weighted by Crippen LogP contribution is -2.28.